The lowest BCUT2D eigenvalue weighted by molar-refractivity contribution is -0.133. The van der Waals surface area contributed by atoms with E-state index in [4.69, 9.17) is 22.1 Å². The first-order chi connectivity index (χ1) is 15.5. The molecule has 32 heavy (non-hydrogen) atoms. The van der Waals surface area contributed by atoms with Crippen molar-refractivity contribution >= 4 is 35.5 Å². The van der Waals surface area contributed by atoms with Crippen LogP contribution in [0.3, 0.4) is 0 Å². The van der Waals surface area contributed by atoms with E-state index in [0.29, 0.717) is 38.4 Å². The second-order valence-corrected chi connectivity index (χ2v) is 7.34. The number of ether oxygens (including phenoxy) is 1. The second kappa shape index (κ2) is 11.5. The van der Waals surface area contributed by atoms with Crippen LogP contribution in [0, 0.1) is 0 Å². The molecule has 0 unspecified atom stereocenters. The number of rotatable bonds is 8. The molecule has 1 aromatic heterocycles. The van der Waals surface area contributed by atoms with Crippen molar-refractivity contribution in [3.8, 4) is 0 Å². The van der Waals surface area contributed by atoms with Gasteiger partial charge in [0.1, 0.15) is 23.2 Å². The SMILES string of the molecule is NC=C(C=NCC(=O)N1CCOCC1)Nc1ncc(Cl)c(NCC2=C(F)CCC=C2F)n1. The lowest BCUT2D eigenvalue weighted by Crippen LogP contribution is -2.41. The number of carbonyl (C=O) groups is 1. The number of halogens is 3. The fourth-order valence-corrected chi connectivity index (χ4v) is 3.17. The van der Waals surface area contributed by atoms with E-state index in [9.17, 15) is 13.6 Å². The number of morpholine rings is 1. The standard InChI is InChI=1S/C20H24ClF2N7O2/c21-15-11-27-20(29-19(15)26-10-14-16(22)2-1-3-17(14)23)28-13(8-24)9-25-12-18(31)30-4-6-32-7-5-30/h2,8-9,11H,1,3-7,10,12,24H2,(H2,26,27,28,29). The zero-order chi connectivity index (χ0) is 22.9. The predicted molar refractivity (Wildman–Crippen MR) is 119 cm³/mol. The largest absolute Gasteiger partial charge is 0.403 e. The number of allylic oxidation sites excluding steroid dienone is 3. The number of hydrogen-bond donors (Lipinski definition) is 3. The highest BCUT2D eigenvalue weighted by Gasteiger charge is 2.17. The summed E-state index contributed by atoms with van der Waals surface area (Å²) in [5, 5.41) is 5.86. The molecule has 1 saturated heterocycles. The van der Waals surface area contributed by atoms with Crippen molar-refractivity contribution in [2.75, 3.05) is 50.0 Å². The summed E-state index contributed by atoms with van der Waals surface area (Å²) in [5.74, 6) is -0.883. The Labute approximate surface area is 189 Å². The normalized spacial score (nSPS) is 17.5. The van der Waals surface area contributed by atoms with Gasteiger partial charge in [-0.2, -0.15) is 4.98 Å². The van der Waals surface area contributed by atoms with Crippen LogP contribution in [0.15, 0.2) is 46.4 Å². The molecule has 4 N–H and O–H groups in total. The Morgan fingerprint density at radius 1 is 1.38 bits per heavy atom. The average Bonchev–Trinajstić information content (AvgIpc) is 2.80. The first kappa shape index (κ1) is 23.6. The third-order valence-electron chi connectivity index (χ3n) is 4.74. The van der Waals surface area contributed by atoms with Gasteiger partial charge in [-0.15, -0.1) is 0 Å². The van der Waals surface area contributed by atoms with Crippen LogP contribution >= 0.6 is 11.6 Å². The van der Waals surface area contributed by atoms with E-state index in [-0.39, 0.29) is 47.8 Å². The van der Waals surface area contributed by atoms with Gasteiger partial charge in [0.2, 0.25) is 11.9 Å². The molecule has 0 atom stereocenters. The topological polar surface area (TPSA) is 118 Å². The number of amides is 1. The van der Waals surface area contributed by atoms with Crippen LogP contribution in [-0.2, 0) is 9.53 Å². The van der Waals surface area contributed by atoms with E-state index in [1.807, 2.05) is 0 Å². The molecular formula is C20H24ClF2N7O2. The molecule has 2 heterocycles. The lowest BCUT2D eigenvalue weighted by Gasteiger charge is -2.26. The summed E-state index contributed by atoms with van der Waals surface area (Å²) in [5.41, 5.74) is 5.91. The van der Waals surface area contributed by atoms with Gasteiger partial charge in [-0.3, -0.25) is 9.79 Å². The van der Waals surface area contributed by atoms with Gasteiger partial charge >= 0.3 is 0 Å². The minimum absolute atomic E-state index is 0.0347. The van der Waals surface area contributed by atoms with Gasteiger partial charge in [-0.05, 0) is 12.5 Å². The molecule has 9 nitrogen and oxygen atoms in total. The summed E-state index contributed by atoms with van der Waals surface area (Å²) in [6.45, 7) is 1.97. The summed E-state index contributed by atoms with van der Waals surface area (Å²) in [7, 11) is 0. The summed E-state index contributed by atoms with van der Waals surface area (Å²) in [4.78, 5) is 26.2. The number of hydrogen-bond acceptors (Lipinski definition) is 8. The van der Waals surface area contributed by atoms with Crippen LogP contribution < -0.4 is 16.4 Å². The van der Waals surface area contributed by atoms with Crippen molar-refractivity contribution in [3.63, 3.8) is 0 Å². The van der Waals surface area contributed by atoms with Crippen molar-refractivity contribution in [1.82, 2.24) is 14.9 Å². The Balaban J connectivity index is 1.58. The first-order valence-corrected chi connectivity index (χ1v) is 10.4. The average molecular weight is 468 g/mol. The fraction of sp³-hybridized carbons (Fsp3) is 0.400. The molecule has 1 aliphatic carbocycles. The molecule has 0 aromatic carbocycles. The zero-order valence-electron chi connectivity index (χ0n) is 17.3. The maximum absolute atomic E-state index is 13.9. The van der Waals surface area contributed by atoms with E-state index in [1.54, 1.807) is 4.90 Å². The van der Waals surface area contributed by atoms with Gasteiger partial charge in [0.05, 0.1) is 25.1 Å². The summed E-state index contributed by atoms with van der Waals surface area (Å²) >= 11 is 6.10. The van der Waals surface area contributed by atoms with Crippen molar-refractivity contribution in [1.29, 1.82) is 0 Å². The summed E-state index contributed by atoms with van der Waals surface area (Å²) < 4.78 is 33.0. The van der Waals surface area contributed by atoms with Gasteiger partial charge in [0.15, 0.2) is 5.82 Å². The highest BCUT2D eigenvalue weighted by Crippen LogP contribution is 2.28. The lowest BCUT2D eigenvalue weighted by atomic mass is 10.0. The molecule has 12 heteroatoms. The molecule has 3 rings (SSSR count). The number of nitrogens with zero attached hydrogens (tertiary/aromatic N) is 4. The first-order valence-electron chi connectivity index (χ1n) is 10.0. The minimum atomic E-state index is -0.596. The van der Waals surface area contributed by atoms with Crippen LogP contribution in [-0.4, -0.2) is 66.4 Å². The number of carbonyl (C=O) groups excluding carboxylic acids is 1. The zero-order valence-corrected chi connectivity index (χ0v) is 18.0. The Morgan fingerprint density at radius 3 is 2.88 bits per heavy atom. The molecule has 1 aliphatic heterocycles. The molecule has 0 spiro atoms. The summed E-state index contributed by atoms with van der Waals surface area (Å²) in [6.07, 6.45) is 5.81. The molecule has 0 bridgehead atoms. The molecule has 0 saturated carbocycles. The number of anilines is 2. The van der Waals surface area contributed by atoms with Crippen LogP contribution in [0.1, 0.15) is 12.8 Å². The highest BCUT2D eigenvalue weighted by atomic mass is 35.5. The number of aromatic nitrogens is 2. The monoisotopic (exact) mass is 467 g/mol. The molecule has 2 aliphatic rings. The van der Waals surface area contributed by atoms with Crippen molar-refractivity contribution in [3.05, 3.63) is 46.4 Å². The van der Waals surface area contributed by atoms with Gasteiger partial charge in [0, 0.05) is 44.0 Å². The Morgan fingerprint density at radius 2 is 2.16 bits per heavy atom. The van der Waals surface area contributed by atoms with Crippen LogP contribution in [0.5, 0.6) is 0 Å². The van der Waals surface area contributed by atoms with Gasteiger partial charge < -0.3 is 26.0 Å². The molecular weight excluding hydrogens is 444 g/mol. The number of nitrogens with one attached hydrogen (secondary N) is 2. The molecule has 0 radical (unpaired) electrons. The quantitative estimate of drug-likeness (QED) is 0.503. The smallest absolute Gasteiger partial charge is 0.244 e. The molecule has 1 amide bonds. The Bertz CT molecular complexity index is 959. The predicted octanol–water partition coefficient (Wildman–Crippen LogP) is 2.55. The van der Waals surface area contributed by atoms with Gasteiger partial charge in [-0.25, -0.2) is 13.8 Å². The fourth-order valence-electron chi connectivity index (χ4n) is 3.01. The van der Waals surface area contributed by atoms with Gasteiger partial charge in [0.25, 0.3) is 0 Å². The van der Waals surface area contributed by atoms with E-state index in [0.717, 1.165) is 0 Å². The molecule has 1 aromatic rings. The maximum Gasteiger partial charge on any atom is 0.244 e. The van der Waals surface area contributed by atoms with E-state index in [2.05, 4.69) is 25.6 Å². The second-order valence-electron chi connectivity index (χ2n) is 6.93. The highest BCUT2D eigenvalue weighted by molar-refractivity contribution is 6.32. The van der Waals surface area contributed by atoms with Crippen molar-refractivity contribution in [2.24, 2.45) is 10.7 Å². The Hall–Kier alpha value is -3.05. The third kappa shape index (κ3) is 6.47. The Kier molecular flexibility index (Phi) is 8.51. The van der Waals surface area contributed by atoms with Gasteiger partial charge in [-0.1, -0.05) is 11.6 Å². The van der Waals surface area contributed by atoms with Crippen LogP contribution in [0.4, 0.5) is 20.5 Å². The van der Waals surface area contributed by atoms with Crippen molar-refractivity contribution < 1.29 is 18.3 Å². The number of aliphatic imine (C=N–C) groups is 1. The van der Waals surface area contributed by atoms with E-state index in [1.165, 1.54) is 24.7 Å². The van der Waals surface area contributed by atoms with Crippen molar-refractivity contribution in [2.45, 2.75) is 12.8 Å². The third-order valence-corrected chi connectivity index (χ3v) is 5.01. The maximum atomic E-state index is 13.9. The van der Waals surface area contributed by atoms with E-state index >= 15 is 0 Å². The van der Waals surface area contributed by atoms with Crippen LogP contribution in [0.25, 0.3) is 0 Å². The number of nitrogens with two attached hydrogens (primary N) is 1. The molecule has 1 fully saturated rings. The minimum Gasteiger partial charge on any atom is -0.403 e. The molecule has 172 valence electrons. The summed E-state index contributed by atoms with van der Waals surface area (Å²) in [6, 6.07) is 0. The van der Waals surface area contributed by atoms with E-state index < -0.39 is 11.7 Å². The van der Waals surface area contributed by atoms with Crippen LogP contribution in [0.2, 0.25) is 5.02 Å².